The number of likely N-dealkylation sites (tertiary alicyclic amines) is 1. The number of fused-ring (bicyclic) bond motifs is 1. The minimum atomic E-state index is 0.251. The minimum absolute atomic E-state index is 0.251. The third kappa shape index (κ3) is 2.25. The number of aryl methyl sites for hydroxylation is 2. The van der Waals surface area contributed by atoms with Crippen molar-refractivity contribution in [3.8, 4) is 0 Å². The van der Waals surface area contributed by atoms with Gasteiger partial charge in [-0.25, -0.2) is 0 Å². The van der Waals surface area contributed by atoms with E-state index in [2.05, 4.69) is 28.9 Å². The molecule has 3 rings (SSSR count). The Hall–Kier alpha value is -0.350. The maximum atomic E-state index is 12.5. The number of amides is 1. The zero-order chi connectivity index (χ0) is 12.7. The summed E-state index contributed by atoms with van der Waals surface area (Å²) in [6, 6.07) is 2.14. The zero-order valence-corrected chi connectivity index (χ0v) is 13.0. The van der Waals surface area contributed by atoms with Gasteiger partial charge in [-0.2, -0.15) is 0 Å². The Balaban J connectivity index is 1.74. The van der Waals surface area contributed by atoms with E-state index in [4.69, 9.17) is 0 Å². The highest BCUT2D eigenvalue weighted by Crippen LogP contribution is 2.32. The molecular weight excluding hydrogens is 310 g/mol. The van der Waals surface area contributed by atoms with Gasteiger partial charge in [0.25, 0.3) is 5.91 Å². The second-order valence-electron chi connectivity index (χ2n) is 5.45. The first-order valence-corrected chi connectivity index (χ1v) is 8.43. The lowest BCUT2D eigenvalue weighted by Gasteiger charge is -2.34. The molecule has 0 spiro atoms. The van der Waals surface area contributed by atoms with E-state index in [0.717, 1.165) is 24.4 Å². The number of alkyl halides is 1. The van der Waals surface area contributed by atoms with Gasteiger partial charge >= 0.3 is 0 Å². The molecule has 4 heteroatoms. The molecule has 2 atom stereocenters. The molecule has 0 N–H and O–H groups in total. The van der Waals surface area contributed by atoms with E-state index in [9.17, 15) is 4.79 Å². The average molecular weight is 328 g/mol. The SMILES string of the molecule is CC1CN(C(=O)c2cc3c(s2)CCC3)CCC1Br. The summed E-state index contributed by atoms with van der Waals surface area (Å²) in [5.41, 5.74) is 1.42. The lowest BCUT2D eigenvalue weighted by molar-refractivity contribution is 0.0695. The van der Waals surface area contributed by atoms with Gasteiger partial charge in [-0.15, -0.1) is 11.3 Å². The van der Waals surface area contributed by atoms with Crippen LogP contribution in [0.15, 0.2) is 6.07 Å². The molecule has 0 aromatic carbocycles. The fraction of sp³-hybridized carbons (Fsp3) is 0.643. The van der Waals surface area contributed by atoms with Gasteiger partial charge in [-0.05, 0) is 43.2 Å². The molecule has 18 heavy (non-hydrogen) atoms. The van der Waals surface area contributed by atoms with Crippen LogP contribution in [0.25, 0.3) is 0 Å². The molecule has 1 aromatic rings. The summed E-state index contributed by atoms with van der Waals surface area (Å²) in [5, 5.41) is 0. The summed E-state index contributed by atoms with van der Waals surface area (Å²) in [6.45, 7) is 3.99. The number of hydrogen-bond donors (Lipinski definition) is 0. The van der Waals surface area contributed by atoms with Crippen molar-refractivity contribution in [1.82, 2.24) is 4.90 Å². The first kappa shape index (κ1) is 12.7. The lowest BCUT2D eigenvalue weighted by Crippen LogP contribution is -2.43. The maximum Gasteiger partial charge on any atom is 0.263 e. The second-order valence-corrected chi connectivity index (χ2v) is 7.76. The third-order valence-electron chi connectivity index (χ3n) is 4.05. The summed E-state index contributed by atoms with van der Waals surface area (Å²) < 4.78 is 0. The Morgan fingerprint density at radius 2 is 2.33 bits per heavy atom. The van der Waals surface area contributed by atoms with Gasteiger partial charge < -0.3 is 4.90 Å². The largest absolute Gasteiger partial charge is 0.338 e. The Bertz CT molecular complexity index is 449. The van der Waals surface area contributed by atoms with Crippen molar-refractivity contribution < 1.29 is 4.79 Å². The molecular formula is C14H18BrNOS. The zero-order valence-electron chi connectivity index (χ0n) is 10.6. The van der Waals surface area contributed by atoms with Crippen molar-refractivity contribution in [3.05, 3.63) is 21.4 Å². The van der Waals surface area contributed by atoms with Crippen molar-refractivity contribution in [2.24, 2.45) is 5.92 Å². The van der Waals surface area contributed by atoms with Crippen molar-refractivity contribution in [2.45, 2.75) is 37.4 Å². The Kier molecular flexibility index (Phi) is 3.50. The third-order valence-corrected chi connectivity index (χ3v) is 6.63. The molecule has 98 valence electrons. The highest BCUT2D eigenvalue weighted by molar-refractivity contribution is 9.09. The van der Waals surface area contributed by atoms with E-state index < -0.39 is 0 Å². The van der Waals surface area contributed by atoms with Crippen LogP contribution < -0.4 is 0 Å². The molecule has 0 saturated carbocycles. The smallest absolute Gasteiger partial charge is 0.263 e. The van der Waals surface area contributed by atoms with E-state index >= 15 is 0 Å². The summed E-state index contributed by atoms with van der Waals surface area (Å²) in [5.74, 6) is 0.801. The molecule has 1 aliphatic heterocycles. The molecule has 1 aliphatic carbocycles. The van der Waals surface area contributed by atoms with Crippen LogP contribution in [0.3, 0.4) is 0 Å². The molecule has 2 unspecified atom stereocenters. The van der Waals surface area contributed by atoms with Crippen LogP contribution in [0.4, 0.5) is 0 Å². The molecule has 1 fully saturated rings. The molecule has 0 radical (unpaired) electrons. The van der Waals surface area contributed by atoms with E-state index in [-0.39, 0.29) is 5.91 Å². The van der Waals surface area contributed by atoms with Gasteiger partial charge in [0.05, 0.1) is 4.88 Å². The predicted octanol–water partition coefficient (Wildman–Crippen LogP) is 3.48. The number of carbonyl (C=O) groups excluding carboxylic acids is 1. The van der Waals surface area contributed by atoms with Crippen LogP contribution in [-0.2, 0) is 12.8 Å². The van der Waals surface area contributed by atoms with E-state index in [1.807, 2.05) is 4.90 Å². The monoisotopic (exact) mass is 327 g/mol. The van der Waals surface area contributed by atoms with Gasteiger partial charge in [-0.1, -0.05) is 22.9 Å². The molecule has 1 amide bonds. The number of nitrogens with zero attached hydrogens (tertiary/aromatic N) is 1. The van der Waals surface area contributed by atoms with Gasteiger partial charge in [-0.3, -0.25) is 4.79 Å². The van der Waals surface area contributed by atoms with Crippen molar-refractivity contribution in [3.63, 3.8) is 0 Å². The Morgan fingerprint density at radius 3 is 3.06 bits per heavy atom. The number of halogens is 1. The Morgan fingerprint density at radius 1 is 1.50 bits per heavy atom. The van der Waals surface area contributed by atoms with Gasteiger partial charge in [0, 0.05) is 22.8 Å². The molecule has 1 saturated heterocycles. The van der Waals surface area contributed by atoms with Crippen LogP contribution in [0.5, 0.6) is 0 Å². The quantitative estimate of drug-likeness (QED) is 0.723. The van der Waals surface area contributed by atoms with Crippen LogP contribution in [-0.4, -0.2) is 28.7 Å². The van der Waals surface area contributed by atoms with Crippen molar-refractivity contribution >= 4 is 33.2 Å². The van der Waals surface area contributed by atoms with Gasteiger partial charge in [0.1, 0.15) is 0 Å². The molecule has 2 nitrogen and oxygen atoms in total. The number of thiophene rings is 1. The normalized spacial score (nSPS) is 27.3. The van der Waals surface area contributed by atoms with Crippen LogP contribution in [0.2, 0.25) is 0 Å². The Labute approximate surface area is 120 Å². The van der Waals surface area contributed by atoms with Crippen LogP contribution in [0, 0.1) is 5.92 Å². The number of hydrogen-bond acceptors (Lipinski definition) is 2. The second kappa shape index (κ2) is 4.97. The number of carbonyl (C=O) groups is 1. The minimum Gasteiger partial charge on any atom is -0.338 e. The van der Waals surface area contributed by atoms with E-state index in [0.29, 0.717) is 10.7 Å². The van der Waals surface area contributed by atoms with Crippen molar-refractivity contribution in [1.29, 1.82) is 0 Å². The molecule has 0 bridgehead atoms. The fourth-order valence-electron chi connectivity index (χ4n) is 2.89. The lowest BCUT2D eigenvalue weighted by atomic mass is 10.00. The molecule has 2 aliphatic rings. The van der Waals surface area contributed by atoms with E-state index in [1.54, 1.807) is 11.3 Å². The van der Waals surface area contributed by atoms with Gasteiger partial charge in [0.2, 0.25) is 0 Å². The highest BCUT2D eigenvalue weighted by Gasteiger charge is 2.29. The van der Waals surface area contributed by atoms with Gasteiger partial charge in [0.15, 0.2) is 0 Å². The summed E-state index contributed by atoms with van der Waals surface area (Å²) in [7, 11) is 0. The fourth-order valence-corrected chi connectivity index (χ4v) is 4.49. The number of piperidine rings is 1. The standard InChI is InChI=1S/C14H18BrNOS/c1-9-8-16(6-5-11(9)15)14(17)13-7-10-3-2-4-12(10)18-13/h7,9,11H,2-6,8H2,1H3. The highest BCUT2D eigenvalue weighted by atomic mass is 79.9. The topological polar surface area (TPSA) is 20.3 Å². The summed E-state index contributed by atoms with van der Waals surface area (Å²) in [4.78, 5) is 17.5. The van der Waals surface area contributed by atoms with Crippen LogP contribution in [0.1, 0.15) is 39.9 Å². The summed E-state index contributed by atoms with van der Waals surface area (Å²) in [6.07, 6.45) is 4.67. The first-order chi connectivity index (χ1) is 8.65. The summed E-state index contributed by atoms with van der Waals surface area (Å²) >= 11 is 5.41. The predicted molar refractivity (Wildman–Crippen MR) is 78.7 cm³/mol. The molecule has 2 heterocycles. The molecule has 1 aromatic heterocycles. The van der Waals surface area contributed by atoms with E-state index in [1.165, 1.54) is 29.7 Å². The van der Waals surface area contributed by atoms with Crippen LogP contribution >= 0.6 is 27.3 Å². The maximum absolute atomic E-state index is 12.5. The average Bonchev–Trinajstić information content (AvgIpc) is 2.92. The first-order valence-electron chi connectivity index (χ1n) is 6.70. The number of rotatable bonds is 1. The van der Waals surface area contributed by atoms with Crippen molar-refractivity contribution in [2.75, 3.05) is 13.1 Å².